The average molecular weight is 421 g/mol. The second kappa shape index (κ2) is 8.11. The van der Waals surface area contributed by atoms with Crippen LogP contribution in [0.2, 0.25) is 0 Å². The molecule has 3 heterocycles. The molecule has 154 valence electrons. The van der Waals surface area contributed by atoms with E-state index in [-0.39, 0.29) is 11.9 Å². The fraction of sp³-hybridized carbons (Fsp3) is 0.333. The Morgan fingerprint density at radius 2 is 1.93 bits per heavy atom. The lowest BCUT2D eigenvalue weighted by molar-refractivity contribution is -0.131. The highest BCUT2D eigenvalue weighted by Gasteiger charge is 2.31. The summed E-state index contributed by atoms with van der Waals surface area (Å²) in [6.45, 7) is 4.01. The second-order valence-electron chi connectivity index (χ2n) is 7.84. The first-order valence-corrected chi connectivity index (χ1v) is 11.3. The lowest BCUT2D eigenvalue weighted by Crippen LogP contribution is -2.32. The van der Waals surface area contributed by atoms with E-state index in [1.54, 1.807) is 11.3 Å². The van der Waals surface area contributed by atoms with Crippen molar-refractivity contribution in [3.8, 4) is 22.1 Å². The van der Waals surface area contributed by atoms with Crippen molar-refractivity contribution in [2.45, 2.75) is 32.2 Å². The van der Waals surface area contributed by atoms with Crippen LogP contribution in [0, 0.1) is 6.92 Å². The van der Waals surface area contributed by atoms with Gasteiger partial charge in [-0.2, -0.15) is 0 Å². The molecular weight excluding hydrogens is 396 g/mol. The van der Waals surface area contributed by atoms with E-state index in [0.717, 1.165) is 52.7 Å². The first kappa shape index (κ1) is 19.1. The van der Waals surface area contributed by atoms with Crippen LogP contribution in [-0.2, 0) is 11.2 Å². The van der Waals surface area contributed by atoms with Crippen molar-refractivity contribution in [3.63, 3.8) is 0 Å². The molecule has 3 aromatic rings. The predicted octanol–water partition coefficient (Wildman–Crippen LogP) is 4.80. The van der Waals surface area contributed by atoms with Gasteiger partial charge in [0.25, 0.3) is 0 Å². The Bertz CT molecular complexity index is 1060. The Hall–Kier alpha value is -2.86. The molecule has 5 rings (SSSR count). The van der Waals surface area contributed by atoms with Crippen molar-refractivity contribution in [2.75, 3.05) is 19.8 Å². The average Bonchev–Trinajstić information content (AvgIpc) is 3.44. The van der Waals surface area contributed by atoms with E-state index in [9.17, 15) is 4.79 Å². The number of thiazole rings is 1. The van der Waals surface area contributed by atoms with Gasteiger partial charge in [0.05, 0.1) is 18.2 Å². The lowest BCUT2D eigenvalue weighted by atomic mass is 10.0. The molecule has 2 aliphatic rings. The van der Waals surface area contributed by atoms with Crippen LogP contribution in [0.3, 0.4) is 0 Å². The number of likely N-dealkylation sites (tertiary alicyclic amines) is 1. The Morgan fingerprint density at radius 3 is 2.77 bits per heavy atom. The number of fused-ring (bicyclic) bond motifs is 1. The zero-order chi connectivity index (χ0) is 20.5. The third kappa shape index (κ3) is 3.79. The molecular formula is C24H24N2O3S. The fourth-order valence-electron chi connectivity index (χ4n) is 4.15. The van der Waals surface area contributed by atoms with Crippen LogP contribution in [-0.4, -0.2) is 35.5 Å². The van der Waals surface area contributed by atoms with E-state index in [4.69, 9.17) is 14.5 Å². The van der Waals surface area contributed by atoms with Gasteiger partial charge < -0.3 is 14.4 Å². The molecule has 1 unspecified atom stereocenters. The normalized spacial score (nSPS) is 17.9. The van der Waals surface area contributed by atoms with Gasteiger partial charge >= 0.3 is 0 Å². The lowest BCUT2D eigenvalue weighted by Gasteiger charge is -2.26. The second-order valence-corrected chi connectivity index (χ2v) is 8.69. The van der Waals surface area contributed by atoms with E-state index < -0.39 is 0 Å². The molecule has 6 heteroatoms. The molecule has 0 spiro atoms. The van der Waals surface area contributed by atoms with E-state index in [1.807, 2.05) is 22.4 Å². The number of hydrogen-bond donors (Lipinski definition) is 0. The van der Waals surface area contributed by atoms with E-state index in [0.29, 0.717) is 19.6 Å². The third-order valence-electron chi connectivity index (χ3n) is 5.71. The van der Waals surface area contributed by atoms with Crippen LogP contribution >= 0.6 is 11.3 Å². The number of carbonyl (C=O) groups excluding carboxylic acids is 1. The number of aromatic nitrogens is 1. The van der Waals surface area contributed by atoms with Crippen molar-refractivity contribution in [1.29, 1.82) is 0 Å². The molecule has 2 aromatic carbocycles. The number of aryl methyl sites for hydroxylation is 1. The van der Waals surface area contributed by atoms with Crippen molar-refractivity contribution in [3.05, 3.63) is 64.7 Å². The number of carbonyl (C=O) groups is 1. The molecule has 0 saturated carbocycles. The van der Waals surface area contributed by atoms with Gasteiger partial charge in [-0.1, -0.05) is 35.9 Å². The first-order valence-electron chi connectivity index (χ1n) is 10.4. The van der Waals surface area contributed by atoms with Gasteiger partial charge in [-0.05, 0) is 37.5 Å². The largest absolute Gasteiger partial charge is 0.486 e. The van der Waals surface area contributed by atoms with Gasteiger partial charge in [0.2, 0.25) is 5.91 Å². The van der Waals surface area contributed by atoms with Crippen LogP contribution in [0.15, 0.2) is 47.8 Å². The summed E-state index contributed by atoms with van der Waals surface area (Å²) >= 11 is 1.59. The van der Waals surface area contributed by atoms with Crippen LogP contribution in [0.1, 0.15) is 35.7 Å². The highest BCUT2D eigenvalue weighted by atomic mass is 32.1. The van der Waals surface area contributed by atoms with Gasteiger partial charge in [0.15, 0.2) is 11.5 Å². The molecule has 0 radical (unpaired) electrons. The van der Waals surface area contributed by atoms with Crippen LogP contribution in [0.4, 0.5) is 0 Å². The molecule has 0 aliphatic carbocycles. The van der Waals surface area contributed by atoms with E-state index in [2.05, 4.69) is 37.3 Å². The first-order chi connectivity index (χ1) is 14.7. The standard InChI is InChI=1S/C24H24N2O3S/c1-16-4-6-17(7-5-16)24-25-19(15-30-24)14-23(27)26-10-2-3-20(26)18-8-9-21-22(13-18)29-12-11-28-21/h4-9,13,15,20H,2-3,10-12,14H2,1H3. The molecule has 5 nitrogen and oxygen atoms in total. The molecule has 1 atom stereocenters. The highest BCUT2D eigenvalue weighted by molar-refractivity contribution is 7.13. The number of rotatable bonds is 4. The molecule has 1 aromatic heterocycles. The Morgan fingerprint density at radius 1 is 1.13 bits per heavy atom. The van der Waals surface area contributed by atoms with Gasteiger partial charge in [0, 0.05) is 17.5 Å². The van der Waals surface area contributed by atoms with Gasteiger partial charge in [-0.3, -0.25) is 4.79 Å². The smallest absolute Gasteiger partial charge is 0.229 e. The minimum Gasteiger partial charge on any atom is -0.486 e. The zero-order valence-corrected chi connectivity index (χ0v) is 17.8. The fourth-order valence-corrected chi connectivity index (χ4v) is 4.98. The molecule has 1 amide bonds. The summed E-state index contributed by atoms with van der Waals surface area (Å²) in [5, 5.41) is 2.96. The predicted molar refractivity (Wildman–Crippen MR) is 117 cm³/mol. The Labute approximate surface area is 180 Å². The maximum Gasteiger partial charge on any atom is 0.229 e. The maximum atomic E-state index is 13.1. The molecule has 1 fully saturated rings. The zero-order valence-electron chi connectivity index (χ0n) is 17.0. The monoisotopic (exact) mass is 420 g/mol. The summed E-state index contributed by atoms with van der Waals surface area (Å²) < 4.78 is 11.4. The topological polar surface area (TPSA) is 51.7 Å². The van der Waals surface area contributed by atoms with Crippen molar-refractivity contribution >= 4 is 17.2 Å². The third-order valence-corrected chi connectivity index (χ3v) is 6.65. The van der Waals surface area contributed by atoms with Gasteiger partial charge in [0.1, 0.15) is 18.2 Å². The van der Waals surface area contributed by atoms with Gasteiger partial charge in [-0.25, -0.2) is 4.98 Å². The maximum absolute atomic E-state index is 13.1. The molecule has 0 bridgehead atoms. The number of benzene rings is 2. The molecule has 2 aliphatic heterocycles. The van der Waals surface area contributed by atoms with Crippen LogP contribution in [0.25, 0.3) is 10.6 Å². The summed E-state index contributed by atoms with van der Waals surface area (Å²) in [4.78, 5) is 19.8. The Balaban J connectivity index is 1.30. The highest BCUT2D eigenvalue weighted by Crippen LogP contribution is 2.38. The quantitative estimate of drug-likeness (QED) is 0.609. The minimum atomic E-state index is 0.0866. The van der Waals surface area contributed by atoms with Crippen molar-refractivity contribution in [2.24, 2.45) is 0 Å². The van der Waals surface area contributed by atoms with Crippen molar-refractivity contribution in [1.82, 2.24) is 9.88 Å². The molecule has 0 N–H and O–H groups in total. The van der Waals surface area contributed by atoms with Gasteiger partial charge in [-0.15, -0.1) is 11.3 Å². The summed E-state index contributed by atoms with van der Waals surface area (Å²) in [5.41, 5.74) is 4.28. The summed E-state index contributed by atoms with van der Waals surface area (Å²) in [6, 6.07) is 14.5. The SMILES string of the molecule is Cc1ccc(-c2nc(CC(=O)N3CCCC3c3ccc4c(c3)OCCO4)cs2)cc1. The number of ether oxygens (including phenoxy) is 2. The van der Waals surface area contributed by atoms with E-state index >= 15 is 0 Å². The van der Waals surface area contributed by atoms with E-state index in [1.165, 1.54) is 5.56 Å². The van der Waals surface area contributed by atoms with Crippen LogP contribution in [0.5, 0.6) is 11.5 Å². The summed E-state index contributed by atoms with van der Waals surface area (Å²) in [6.07, 6.45) is 2.32. The summed E-state index contributed by atoms with van der Waals surface area (Å²) in [7, 11) is 0. The minimum absolute atomic E-state index is 0.0866. The summed E-state index contributed by atoms with van der Waals surface area (Å²) in [5.74, 6) is 1.69. The Kier molecular flexibility index (Phi) is 5.17. The molecule has 1 saturated heterocycles. The van der Waals surface area contributed by atoms with Crippen LogP contribution < -0.4 is 9.47 Å². The van der Waals surface area contributed by atoms with Crippen molar-refractivity contribution < 1.29 is 14.3 Å². The number of amides is 1. The number of hydrogen-bond acceptors (Lipinski definition) is 5. The molecule has 30 heavy (non-hydrogen) atoms. The number of nitrogens with zero attached hydrogens (tertiary/aromatic N) is 2.